The summed E-state index contributed by atoms with van der Waals surface area (Å²) in [5.74, 6) is 1.94. The average Bonchev–Trinajstić information content (AvgIpc) is 3.30. The van der Waals surface area contributed by atoms with Crippen LogP contribution in [-0.2, 0) is 6.54 Å². The Morgan fingerprint density at radius 1 is 1.15 bits per heavy atom. The van der Waals surface area contributed by atoms with Crippen molar-refractivity contribution >= 4 is 23.4 Å². The molecule has 138 valence electrons. The van der Waals surface area contributed by atoms with Crippen LogP contribution in [-0.4, -0.2) is 35.4 Å². The summed E-state index contributed by atoms with van der Waals surface area (Å²) in [5, 5.41) is 4.01. The standard InChI is InChI=1S/C20H19N3O3S/c1-25-17-8-7-13(11-18(17)26-2)19(24)21-15-6-4-3-5-14(15)16-12-23-9-10-27-20(23)22-16/h3-8,11-12H,9-10H2,1-2H3,(H,21,24). The molecule has 1 aliphatic rings. The van der Waals surface area contributed by atoms with E-state index in [4.69, 9.17) is 9.47 Å². The molecule has 0 bridgehead atoms. The van der Waals surface area contributed by atoms with E-state index in [0.29, 0.717) is 17.1 Å². The summed E-state index contributed by atoms with van der Waals surface area (Å²) < 4.78 is 12.7. The predicted molar refractivity (Wildman–Crippen MR) is 106 cm³/mol. The molecule has 6 nitrogen and oxygen atoms in total. The molecular formula is C20H19N3O3S. The highest BCUT2D eigenvalue weighted by atomic mass is 32.2. The number of carbonyl (C=O) groups excluding carboxylic acids is 1. The number of anilines is 1. The Bertz CT molecular complexity index is 978. The van der Waals surface area contributed by atoms with Crippen LogP contribution in [0.3, 0.4) is 0 Å². The van der Waals surface area contributed by atoms with Crippen molar-refractivity contribution in [2.24, 2.45) is 0 Å². The van der Waals surface area contributed by atoms with Crippen LogP contribution in [0.15, 0.2) is 53.8 Å². The van der Waals surface area contributed by atoms with E-state index < -0.39 is 0 Å². The van der Waals surface area contributed by atoms with Crippen molar-refractivity contribution in [2.75, 3.05) is 25.3 Å². The van der Waals surface area contributed by atoms with Gasteiger partial charge in [-0.2, -0.15) is 0 Å². The summed E-state index contributed by atoms with van der Waals surface area (Å²) in [6.45, 7) is 0.965. The first-order chi connectivity index (χ1) is 13.2. The van der Waals surface area contributed by atoms with Gasteiger partial charge in [-0.25, -0.2) is 4.98 Å². The molecule has 1 amide bonds. The van der Waals surface area contributed by atoms with Gasteiger partial charge in [0.2, 0.25) is 0 Å². The van der Waals surface area contributed by atoms with E-state index in [1.807, 2.05) is 30.5 Å². The van der Waals surface area contributed by atoms with Gasteiger partial charge in [0.05, 0.1) is 25.6 Å². The van der Waals surface area contributed by atoms with E-state index in [2.05, 4.69) is 14.9 Å². The number of rotatable bonds is 5. The maximum absolute atomic E-state index is 12.8. The fourth-order valence-electron chi connectivity index (χ4n) is 3.03. The summed E-state index contributed by atoms with van der Waals surface area (Å²) in [4.78, 5) is 17.5. The van der Waals surface area contributed by atoms with Gasteiger partial charge in [0.25, 0.3) is 5.91 Å². The lowest BCUT2D eigenvalue weighted by atomic mass is 10.1. The highest BCUT2D eigenvalue weighted by molar-refractivity contribution is 7.99. The largest absolute Gasteiger partial charge is 0.493 e. The van der Waals surface area contributed by atoms with Gasteiger partial charge in [0.1, 0.15) is 0 Å². The lowest BCUT2D eigenvalue weighted by Gasteiger charge is -2.12. The van der Waals surface area contributed by atoms with Gasteiger partial charge in [-0.1, -0.05) is 30.0 Å². The third-order valence-corrected chi connectivity index (χ3v) is 5.37. The molecule has 1 aromatic heterocycles. The second kappa shape index (κ2) is 7.36. The van der Waals surface area contributed by atoms with Crippen LogP contribution in [0.5, 0.6) is 11.5 Å². The van der Waals surface area contributed by atoms with Gasteiger partial charge >= 0.3 is 0 Å². The molecule has 0 atom stereocenters. The maximum Gasteiger partial charge on any atom is 0.255 e. The van der Waals surface area contributed by atoms with Crippen LogP contribution in [0, 0.1) is 0 Å². The Balaban J connectivity index is 1.62. The van der Waals surface area contributed by atoms with E-state index in [0.717, 1.165) is 34.4 Å². The van der Waals surface area contributed by atoms with Crippen LogP contribution in [0.4, 0.5) is 5.69 Å². The number of benzene rings is 2. The number of thioether (sulfide) groups is 1. The van der Waals surface area contributed by atoms with Gasteiger partial charge in [-0.05, 0) is 24.3 Å². The van der Waals surface area contributed by atoms with Crippen LogP contribution >= 0.6 is 11.8 Å². The summed E-state index contributed by atoms with van der Waals surface area (Å²) in [5.41, 5.74) is 2.97. The molecule has 0 aliphatic carbocycles. The van der Waals surface area contributed by atoms with Crippen molar-refractivity contribution in [1.29, 1.82) is 0 Å². The molecule has 1 aliphatic heterocycles. The monoisotopic (exact) mass is 381 g/mol. The molecule has 27 heavy (non-hydrogen) atoms. The van der Waals surface area contributed by atoms with Gasteiger partial charge in [-0.3, -0.25) is 4.79 Å². The fraction of sp³-hybridized carbons (Fsp3) is 0.200. The second-order valence-electron chi connectivity index (χ2n) is 6.02. The van der Waals surface area contributed by atoms with Gasteiger partial charge in [-0.15, -0.1) is 0 Å². The number of para-hydroxylation sites is 1. The SMILES string of the molecule is COc1ccc(C(=O)Nc2ccccc2-c2cn3c(n2)SCC3)cc1OC. The fourth-order valence-corrected chi connectivity index (χ4v) is 3.97. The number of aryl methyl sites for hydroxylation is 1. The number of methoxy groups -OCH3 is 2. The van der Waals surface area contributed by atoms with Crippen LogP contribution in [0.2, 0.25) is 0 Å². The van der Waals surface area contributed by atoms with Crippen LogP contribution in [0.25, 0.3) is 11.3 Å². The number of nitrogens with one attached hydrogen (secondary N) is 1. The third kappa shape index (κ3) is 3.38. The molecule has 1 N–H and O–H groups in total. The van der Waals surface area contributed by atoms with Gasteiger partial charge in [0, 0.05) is 29.6 Å². The zero-order chi connectivity index (χ0) is 18.8. The minimum Gasteiger partial charge on any atom is -0.493 e. The molecule has 0 spiro atoms. The summed E-state index contributed by atoms with van der Waals surface area (Å²) in [6, 6.07) is 12.8. The highest BCUT2D eigenvalue weighted by Gasteiger charge is 2.18. The number of nitrogens with zero attached hydrogens (tertiary/aromatic N) is 2. The number of hydrogen-bond donors (Lipinski definition) is 1. The lowest BCUT2D eigenvalue weighted by Crippen LogP contribution is -2.13. The van der Waals surface area contributed by atoms with Crippen molar-refractivity contribution in [3.8, 4) is 22.8 Å². The smallest absolute Gasteiger partial charge is 0.255 e. The first-order valence-electron chi connectivity index (χ1n) is 8.52. The maximum atomic E-state index is 12.8. The Morgan fingerprint density at radius 2 is 1.96 bits per heavy atom. The molecule has 4 rings (SSSR count). The second-order valence-corrected chi connectivity index (χ2v) is 7.08. The zero-order valence-corrected chi connectivity index (χ0v) is 15.9. The number of ether oxygens (including phenoxy) is 2. The lowest BCUT2D eigenvalue weighted by molar-refractivity contribution is 0.102. The molecular weight excluding hydrogens is 362 g/mol. The molecule has 3 aromatic rings. The van der Waals surface area contributed by atoms with Gasteiger partial charge < -0.3 is 19.4 Å². The first kappa shape index (κ1) is 17.5. The molecule has 0 saturated heterocycles. The van der Waals surface area contributed by atoms with Gasteiger partial charge in [0.15, 0.2) is 16.7 Å². The Labute approximate surface area is 161 Å². The number of hydrogen-bond acceptors (Lipinski definition) is 5. The predicted octanol–water partition coefficient (Wildman–Crippen LogP) is 3.93. The number of aromatic nitrogens is 2. The highest BCUT2D eigenvalue weighted by Crippen LogP contribution is 2.33. The number of fused-ring (bicyclic) bond motifs is 1. The molecule has 0 radical (unpaired) electrons. The molecule has 0 unspecified atom stereocenters. The summed E-state index contributed by atoms with van der Waals surface area (Å²) in [7, 11) is 3.11. The Morgan fingerprint density at radius 3 is 2.74 bits per heavy atom. The van der Waals surface area contributed by atoms with E-state index in [-0.39, 0.29) is 5.91 Å². The minimum absolute atomic E-state index is 0.218. The van der Waals surface area contributed by atoms with Crippen molar-refractivity contribution in [1.82, 2.24) is 9.55 Å². The normalized spacial score (nSPS) is 12.5. The van der Waals surface area contributed by atoms with Crippen LogP contribution in [0.1, 0.15) is 10.4 Å². The summed E-state index contributed by atoms with van der Waals surface area (Å²) in [6.07, 6.45) is 2.04. The van der Waals surface area contributed by atoms with E-state index in [1.165, 1.54) is 0 Å². The number of amides is 1. The molecule has 2 aromatic carbocycles. The third-order valence-electron chi connectivity index (χ3n) is 4.40. The van der Waals surface area contributed by atoms with Crippen molar-refractivity contribution in [2.45, 2.75) is 11.7 Å². The summed E-state index contributed by atoms with van der Waals surface area (Å²) >= 11 is 1.75. The van der Waals surface area contributed by atoms with Crippen LogP contribution < -0.4 is 14.8 Å². The zero-order valence-electron chi connectivity index (χ0n) is 15.1. The Hall–Kier alpha value is -2.93. The van der Waals surface area contributed by atoms with E-state index in [9.17, 15) is 4.79 Å². The quantitative estimate of drug-likeness (QED) is 0.726. The topological polar surface area (TPSA) is 65.4 Å². The van der Waals surface area contributed by atoms with E-state index >= 15 is 0 Å². The van der Waals surface area contributed by atoms with Crippen molar-refractivity contribution in [3.63, 3.8) is 0 Å². The first-order valence-corrected chi connectivity index (χ1v) is 9.51. The average molecular weight is 381 g/mol. The number of imidazole rings is 1. The Kier molecular flexibility index (Phi) is 4.77. The molecule has 7 heteroatoms. The minimum atomic E-state index is -0.218. The van der Waals surface area contributed by atoms with Crippen molar-refractivity contribution < 1.29 is 14.3 Å². The molecule has 0 fully saturated rings. The molecule has 2 heterocycles. The van der Waals surface area contributed by atoms with Crippen molar-refractivity contribution in [3.05, 3.63) is 54.2 Å². The molecule has 0 saturated carbocycles. The van der Waals surface area contributed by atoms with E-state index in [1.54, 1.807) is 44.2 Å². The number of carbonyl (C=O) groups is 1.